The van der Waals surface area contributed by atoms with Crippen LogP contribution in [0.2, 0.25) is 0 Å². The van der Waals surface area contributed by atoms with Crippen molar-refractivity contribution >= 4 is 76.1 Å². The number of benzene rings is 9. The predicted molar refractivity (Wildman–Crippen MR) is 234 cm³/mol. The predicted octanol–water partition coefficient (Wildman–Crippen LogP) is 13.5. The second kappa shape index (κ2) is 12.0. The first kappa shape index (κ1) is 30.9. The van der Waals surface area contributed by atoms with Crippen LogP contribution in [-0.2, 0) is 0 Å². The lowest BCUT2D eigenvalue weighted by Crippen LogP contribution is -2.03. The maximum atomic E-state index is 5.43. The summed E-state index contributed by atoms with van der Waals surface area (Å²) in [4.78, 5) is 10.8. The molecule has 0 atom stereocenters. The molecule has 9 aromatic carbocycles. The van der Waals surface area contributed by atoms with Crippen molar-refractivity contribution in [1.82, 2.24) is 19.1 Å². The first-order valence-electron chi connectivity index (χ1n) is 19.1. The summed E-state index contributed by atoms with van der Waals surface area (Å²) < 4.78 is 4.67. The molecule has 0 unspecified atom stereocenters. The highest BCUT2D eigenvalue weighted by molar-refractivity contribution is 6.30. The molecule has 0 aliphatic heterocycles. The van der Waals surface area contributed by atoms with Gasteiger partial charge in [0.2, 0.25) is 5.95 Å². The number of nitrogens with zero attached hydrogens (tertiary/aromatic N) is 4. The molecule has 0 amide bonds. The van der Waals surface area contributed by atoms with Crippen LogP contribution in [0.4, 0.5) is 0 Å². The van der Waals surface area contributed by atoms with Crippen molar-refractivity contribution < 1.29 is 0 Å². The van der Waals surface area contributed by atoms with Crippen molar-refractivity contribution in [2.75, 3.05) is 0 Å². The Morgan fingerprint density at radius 3 is 1.80 bits per heavy atom. The summed E-state index contributed by atoms with van der Waals surface area (Å²) in [7, 11) is 0. The van der Waals surface area contributed by atoms with Crippen LogP contribution in [0.15, 0.2) is 194 Å². The standard InChI is InChI=1S/C52H32N4/c1-3-16-34(17-4-1)51-41-24-11-13-25-44(41)53-52(54-51)56-47-30-27-33-15-7-8-20-37(33)49(47)50-40-23-10-9-21-38(40)42(32-48(50)56)35-28-29-46-43(31-35)39-22-12-14-26-45(39)55(46)36-18-5-2-6-19-36/h1-32H. The Hall–Kier alpha value is -7.56. The lowest BCUT2D eigenvalue weighted by molar-refractivity contribution is 1.01. The molecule has 12 rings (SSSR count). The fourth-order valence-electron chi connectivity index (χ4n) is 9.07. The molecule has 0 N–H and O–H groups in total. The van der Waals surface area contributed by atoms with E-state index < -0.39 is 0 Å². The van der Waals surface area contributed by atoms with Gasteiger partial charge in [-0.2, -0.15) is 0 Å². The Labute approximate surface area is 322 Å². The van der Waals surface area contributed by atoms with E-state index in [0.29, 0.717) is 5.95 Å². The van der Waals surface area contributed by atoms with Gasteiger partial charge in [-0.1, -0.05) is 146 Å². The average Bonchev–Trinajstić information content (AvgIpc) is 3.79. The maximum absolute atomic E-state index is 5.43. The highest BCUT2D eigenvalue weighted by Gasteiger charge is 2.23. The summed E-state index contributed by atoms with van der Waals surface area (Å²) in [6, 6.07) is 69.6. The van der Waals surface area contributed by atoms with Gasteiger partial charge in [0.15, 0.2) is 0 Å². The van der Waals surface area contributed by atoms with Crippen LogP contribution < -0.4 is 0 Å². The van der Waals surface area contributed by atoms with E-state index in [9.17, 15) is 0 Å². The SMILES string of the molecule is c1ccc(-c2nc(-n3c4ccc5ccccc5c4c4c5ccccc5c(-c5ccc6c(c5)c5ccccc5n6-c5ccccc5)cc43)nc3ccccc23)cc1. The molecule has 12 aromatic rings. The molecular weight excluding hydrogens is 681 g/mol. The highest BCUT2D eigenvalue weighted by atomic mass is 15.2. The normalized spacial score (nSPS) is 11.9. The zero-order valence-electron chi connectivity index (χ0n) is 30.3. The molecule has 3 heterocycles. The Morgan fingerprint density at radius 1 is 0.339 bits per heavy atom. The number of aromatic nitrogens is 4. The molecule has 0 aliphatic carbocycles. The minimum atomic E-state index is 0.653. The van der Waals surface area contributed by atoms with Crippen molar-refractivity contribution in [3.63, 3.8) is 0 Å². The molecule has 0 saturated heterocycles. The molecule has 0 radical (unpaired) electrons. The summed E-state index contributed by atoms with van der Waals surface area (Å²) in [5.74, 6) is 0.653. The fourth-order valence-corrected chi connectivity index (χ4v) is 9.07. The first-order valence-corrected chi connectivity index (χ1v) is 19.1. The zero-order chi connectivity index (χ0) is 36.7. The molecule has 260 valence electrons. The van der Waals surface area contributed by atoms with Gasteiger partial charge in [0, 0.05) is 38.2 Å². The third-order valence-electron chi connectivity index (χ3n) is 11.5. The minimum absolute atomic E-state index is 0.653. The summed E-state index contributed by atoms with van der Waals surface area (Å²) in [5.41, 5.74) is 10.9. The van der Waals surface area contributed by atoms with E-state index in [1.165, 1.54) is 59.7 Å². The van der Waals surface area contributed by atoms with Gasteiger partial charge < -0.3 is 4.57 Å². The Morgan fingerprint density at radius 2 is 0.964 bits per heavy atom. The number of para-hydroxylation sites is 3. The van der Waals surface area contributed by atoms with Gasteiger partial charge in [0.05, 0.1) is 33.3 Å². The summed E-state index contributed by atoms with van der Waals surface area (Å²) >= 11 is 0. The van der Waals surface area contributed by atoms with Gasteiger partial charge in [-0.3, -0.25) is 4.57 Å². The minimum Gasteiger partial charge on any atom is -0.309 e. The van der Waals surface area contributed by atoms with Crippen LogP contribution >= 0.6 is 0 Å². The van der Waals surface area contributed by atoms with Gasteiger partial charge in [-0.15, -0.1) is 0 Å². The molecule has 0 fully saturated rings. The number of fused-ring (bicyclic) bond motifs is 11. The molecule has 0 aliphatic rings. The van der Waals surface area contributed by atoms with Gasteiger partial charge in [-0.05, 0) is 81.2 Å². The largest absolute Gasteiger partial charge is 0.309 e. The summed E-state index contributed by atoms with van der Waals surface area (Å²) in [5, 5.41) is 10.7. The maximum Gasteiger partial charge on any atom is 0.235 e. The molecule has 4 heteroatoms. The highest BCUT2D eigenvalue weighted by Crippen LogP contribution is 2.45. The molecule has 4 nitrogen and oxygen atoms in total. The summed E-state index contributed by atoms with van der Waals surface area (Å²) in [6.07, 6.45) is 0. The Balaban J connectivity index is 1.21. The zero-order valence-corrected chi connectivity index (χ0v) is 30.3. The topological polar surface area (TPSA) is 35.6 Å². The third kappa shape index (κ3) is 4.47. The number of rotatable bonds is 4. The second-order valence-corrected chi connectivity index (χ2v) is 14.6. The summed E-state index contributed by atoms with van der Waals surface area (Å²) in [6.45, 7) is 0. The lowest BCUT2D eigenvalue weighted by atomic mass is 9.93. The monoisotopic (exact) mass is 712 g/mol. The van der Waals surface area contributed by atoms with Crippen LogP contribution in [-0.4, -0.2) is 19.1 Å². The van der Waals surface area contributed by atoms with E-state index in [-0.39, 0.29) is 0 Å². The van der Waals surface area contributed by atoms with E-state index in [1.54, 1.807) is 0 Å². The van der Waals surface area contributed by atoms with Gasteiger partial charge in [0.1, 0.15) is 0 Å². The van der Waals surface area contributed by atoms with E-state index in [0.717, 1.165) is 44.4 Å². The smallest absolute Gasteiger partial charge is 0.235 e. The van der Waals surface area contributed by atoms with Gasteiger partial charge >= 0.3 is 0 Å². The van der Waals surface area contributed by atoms with Crippen LogP contribution in [0.5, 0.6) is 0 Å². The van der Waals surface area contributed by atoms with Crippen molar-refractivity contribution in [3.8, 4) is 34.0 Å². The van der Waals surface area contributed by atoms with E-state index in [4.69, 9.17) is 9.97 Å². The number of hydrogen-bond donors (Lipinski definition) is 0. The van der Waals surface area contributed by atoms with Crippen LogP contribution in [0.3, 0.4) is 0 Å². The van der Waals surface area contributed by atoms with Crippen LogP contribution in [0, 0.1) is 0 Å². The van der Waals surface area contributed by atoms with Crippen molar-refractivity contribution in [3.05, 3.63) is 194 Å². The Bertz CT molecular complexity index is 3520. The molecule has 56 heavy (non-hydrogen) atoms. The van der Waals surface area contributed by atoms with Crippen molar-refractivity contribution in [1.29, 1.82) is 0 Å². The van der Waals surface area contributed by atoms with Crippen LogP contribution in [0.1, 0.15) is 0 Å². The molecule has 0 bridgehead atoms. The Kier molecular flexibility index (Phi) is 6.60. The van der Waals surface area contributed by atoms with E-state index in [2.05, 4.69) is 203 Å². The molecule has 0 saturated carbocycles. The van der Waals surface area contributed by atoms with Crippen LogP contribution in [0.25, 0.3) is 110 Å². The van der Waals surface area contributed by atoms with Gasteiger partial charge in [-0.25, -0.2) is 9.97 Å². The first-order chi connectivity index (χ1) is 27.8. The third-order valence-corrected chi connectivity index (χ3v) is 11.5. The van der Waals surface area contributed by atoms with E-state index in [1.807, 2.05) is 0 Å². The second-order valence-electron chi connectivity index (χ2n) is 14.6. The number of hydrogen-bond acceptors (Lipinski definition) is 2. The molecular formula is C52H32N4. The van der Waals surface area contributed by atoms with Crippen molar-refractivity contribution in [2.24, 2.45) is 0 Å². The molecule has 0 spiro atoms. The average molecular weight is 713 g/mol. The van der Waals surface area contributed by atoms with Crippen molar-refractivity contribution in [2.45, 2.75) is 0 Å². The fraction of sp³-hybridized carbons (Fsp3) is 0. The quantitative estimate of drug-likeness (QED) is 0.182. The molecule has 3 aromatic heterocycles. The van der Waals surface area contributed by atoms with E-state index >= 15 is 0 Å². The lowest BCUT2D eigenvalue weighted by Gasteiger charge is -2.14. The van der Waals surface area contributed by atoms with Gasteiger partial charge in [0.25, 0.3) is 0 Å².